The third-order valence-corrected chi connectivity index (χ3v) is 5.81. The zero-order valence-corrected chi connectivity index (χ0v) is 18.1. The van der Waals surface area contributed by atoms with Crippen LogP contribution in [-0.2, 0) is 6.42 Å². The van der Waals surface area contributed by atoms with Crippen LogP contribution in [0.4, 0.5) is 11.8 Å². The molecule has 1 fully saturated rings. The first-order valence-electron chi connectivity index (χ1n) is 10.1. The average Bonchev–Trinajstić information content (AvgIpc) is 3.27. The maximum absolute atomic E-state index is 12.2. The summed E-state index contributed by atoms with van der Waals surface area (Å²) in [5, 5.41) is 16.4. The number of H-pyrrole nitrogens is 1. The van der Waals surface area contributed by atoms with E-state index in [1.165, 1.54) is 4.91 Å². The Labute approximate surface area is 184 Å². The van der Waals surface area contributed by atoms with Crippen LogP contribution in [0.3, 0.4) is 0 Å². The van der Waals surface area contributed by atoms with Crippen molar-refractivity contribution in [1.29, 1.82) is 0 Å². The van der Waals surface area contributed by atoms with Crippen molar-refractivity contribution in [2.45, 2.75) is 6.42 Å². The summed E-state index contributed by atoms with van der Waals surface area (Å²) >= 11 is 1.76. The van der Waals surface area contributed by atoms with Crippen molar-refractivity contribution in [3.05, 3.63) is 57.1 Å². The zero-order chi connectivity index (χ0) is 21.6. The van der Waals surface area contributed by atoms with Gasteiger partial charge in [-0.2, -0.15) is 4.98 Å². The molecule has 31 heavy (non-hydrogen) atoms. The summed E-state index contributed by atoms with van der Waals surface area (Å²) in [6.45, 7) is 1.87. The molecule has 1 aromatic carbocycles. The normalized spacial score (nSPS) is 15.0. The highest BCUT2D eigenvalue weighted by Crippen LogP contribution is 2.23. The average molecular weight is 440 g/mol. The fourth-order valence-corrected chi connectivity index (χ4v) is 4.04. The molecule has 0 unspecified atom stereocenters. The van der Waals surface area contributed by atoms with Gasteiger partial charge >= 0.3 is 0 Å². The molecule has 0 atom stereocenters. The Bertz CT molecular complexity index is 1140. The molecule has 0 amide bonds. The number of fused-ring (bicyclic) bond motifs is 1. The smallest absolute Gasteiger partial charge is 0.258 e. The number of aromatic amines is 1. The number of rotatable bonds is 8. The monoisotopic (exact) mass is 439 g/mol. The van der Waals surface area contributed by atoms with Crippen LogP contribution >= 0.6 is 11.8 Å². The molecule has 10 heteroatoms. The zero-order valence-electron chi connectivity index (χ0n) is 17.3. The van der Waals surface area contributed by atoms with Gasteiger partial charge in [0.25, 0.3) is 5.56 Å². The van der Waals surface area contributed by atoms with E-state index in [2.05, 4.69) is 36.6 Å². The van der Waals surface area contributed by atoms with Crippen LogP contribution in [0.1, 0.15) is 11.5 Å². The quantitative estimate of drug-likeness (QED) is 0.413. The van der Waals surface area contributed by atoms with E-state index in [1.807, 2.05) is 36.2 Å². The van der Waals surface area contributed by atoms with Gasteiger partial charge in [-0.05, 0) is 18.2 Å². The van der Waals surface area contributed by atoms with Gasteiger partial charge in [-0.15, -0.1) is 11.8 Å². The van der Waals surface area contributed by atoms with Crippen molar-refractivity contribution in [2.75, 3.05) is 49.4 Å². The predicted octanol–water partition coefficient (Wildman–Crippen LogP) is 1.43. The molecule has 2 aromatic heterocycles. The molecule has 4 N–H and O–H groups in total. The van der Waals surface area contributed by atoms with Gasteiger partial charge in [0.2, 0.25) is 5.95 Å². The number of hydrogen-bond donors (Lipinski definition) is 4. The number of nitrogens with zero attached hydrogens (tertiary/aromatic N) is 4. The van der Waals surface area contributed by atoms with Gasteiger partial charge in [0, 0.05) is 50.0 Å². The number of nitrogens with one attached hydrogen (secondary N) is 3. The molecule has 3 aromatic rings. The molecule has 162 valence electrons. The SMILES string of the molecule is CN(CCO)c1cc(C=C2CNCS2)nc(NCCc2nc3ccccc3c(=O)[nH]2)n1. The van der Waals surface area contributed by atoms with Crippen LogP contribution in [0.15, 0.2) is 40.0 Å². The second-order valence-corrected chi connectivity index (χ2v) is 8.25. The first kappa shape index (κ1) is 21.3. The minimum Gasteiger partial charge on any atom is -0.395 e. The molecule has 9 nitrogen and oxygen atoms in total. The second kappa shape index (κ2) is 9.90. The third-order valence-electron chi connectivity index (χ3n) is 4.83. The topological polar surface area (TPSA) is 119 Å². The van der Waals surface area contributed by atoms with Gasteiger partial charge in [-0.25, -0.2) is 9.97 Å². The molecule has 0 spiro atoms. The van der Waals surface area contributed by atoms with E-state index < -0.39 is 0 Å². The van der Waals surface area contributed by atoms with Gasteiger partial charge in [-0.1, -0.05) is 12.1 Å². The van der Waals surface area contributed by atoms with Crippen LogP contribution in [0.25, 0.3) is 17.0 Å². The van der Waals surface area contributed by atoms with Crippen molar-refractivity contribution in [1.82, 2.24) is 25.3 Å². The maximum atomic E-state index is 12.2. The molecule has 4 rings (SSSR count). The fraction of sp³-hybridized carbons (Fsp3) is 0.333. The lowest BCUT2D eigenvalue weighted by molar-refractivity contribution is 0.304. The molecule has 0 saturated carbocycles. The van der Waals surface area contributed by atoms with Crippen LogP contribution in [0.5, 0.6) is 0 Å². The molecule has 3 heterocycles. The fourth-order valence-electron chi connectivity index (χ4n) is 3.24. The number of benzene rings is 1. The first-order valence-corrected chi connectivity index (χ1v) is 11.1. The number of aromatic nitrogens is 4. The Kier molecular flexibility index (Phi) is 6.80. The van der Waals surface area contributed by atoms with E-state index >= 15 is 0 Å². The molecular formula is C21H25N7O2S. The lowest BCUT2D eigenvalue weighted by atomic mass is 10.2. The van der Waals surface area contributed by atoms with Gasteiger partial charge < -0.3 is 25.6 Å². The van der Waals surface area contributed by atoms with Crippen LogP contribution < -0.4 is 21.1 Å². The standard InChI is InChI=1S/C21H25N7O2S/c1-28(8-9-29)19-11-14(10-15-12-22-13-31-15)24-21(27-19)23-7-6-18-25-17-5-3-2-4-16(17)20(30)26-18/h2-5,10-11,22,29H,6-9,12-13H2,1H3,(H,23,24,27)(H,25,26,30). The van der Waals surface area contributed by atoms with E-state index in [0.29, 0.717) is 42.2 Å². The number of anilines is 2. The van der Waals surface area contributed by atoms with Gasteiger partial charge in [0.15, 0.2) is 0 Å². The number of aliphatic hydroxyl groups is 1. The summed E-state index contributed by atoms with van der Waals surface area (Å²) in [5.41, 5.74) is 1.35. The Morgan fingerprint density at radius 1 is 1.29 bits per heavy atom. The van der Waals surface area contributed by atoms with Gasteiger partial charge in [0.05, 0.1) is 23.2 Å². The van der Waals surface area contributed by atoms with Crippen molar-refractivity contribution < 1.29 is 5.11 Å². The summed E-state index contributed by atoms with van der Waals surface area (Å²) in [6, 6.07) is 9.20. The second-order valence-electron chi connectivity index (χ2n) is 7.15. The summed E-state index contributed by atoms with van der Waals surface area (Å²) < 4.78 is 0. The van der Waals surface area contributed by atoms with E-state index in [1.54, 1.807) is 17.8 Å². The summed E-state index contributed by atoms with van der Waals surface area (Å²) in [5.74, 6) is 2.73. The Hall–Kier alpha value is -2.95. The summed E-state index contributed by atoms with van der Waals surface area (Å²) in [7, 11) is 1.88. The number of thioether (sulfide) groups is 1. The maximum Gasteiger partial charge on any atom is 0.258 e. The minimum absolute atomic E-state index is 0.0421. The van der Waals surface area contributed by atoms with E-state index in [9.17, 15) is 9.90 Å². The summed E-state index contributed by atoms with van der Waals surface area (Å²) in [4.78, 5) is 31.9. The Balaban J connectivity index is 1.51. The lowest BCUT2D eigenvalue weighted by Crippen LogP contribution is -2.23. The highest BCUT2D eigenvalue weighted by molar-refractivity contribution is 8.03. The number of para-hydroxylation sites is 1. The van der Waals surface area contributed by atoms with Crippen molar-refractivity contribution in [2.24, 2.45) is 0 Å². The van der Waals surface area contributed by atoms with Crippen molar-refractivity contribution in [3.8, 4) is 0 Å². The minimum atomic E-state index is -0.138. The van der Waals surface area contributed by atoms with E-state index in [0.717, 1.165) is 23.9 Å². The summed E-state index contributed by atoms with van der Waals surface area (Å²) in [6.07, 6.45) is 2.58. The highest BCUT2D eigenvalue weighted by atomic mass is 32.2. The Morgan fingerprint density at radius 3 is 2.97 bits per heavy atom. The third kappa shape index (κ3) is 5.40. The molecule has 1 saturated heterocycles. The van der Waals surface area contributed by atoms with Crippen molar-refractivity contribution >= 4 is 40.5 Å². The molecule has 0 bridgehead atoms. The van der Waals surface area contributed by atoms with Crippen LogP contribution in [0, 0.1) is 0 Å². The van der Waals surface area contributed by atoms with Gasteiger partial charge in [-0.3, -0.25) is 4.79 Å². The highest BCUT2D eigenvalue weighted by Gasteiger charge is 2.11. The van der Waals surface area contributed by atoms with Crippen LogP contribution in [0.2, 0.25) is 0 Å². The van der Waals surface area contributed by atoms with Gasteiger partial charge in [0.1, 0.15) is 11.6 Å². The molecule has 1 aliphatic heterocycles. The first-order chi connectivity index (χ1) is 15.1. The van der Waals surface area contributed by atoms with Crippen LogP contribution in [-0.4, -0.2) is 64.2 Å². The predicted molar refractivity (Wildman–Crippen MR) is 125 cm³/mol. The number of hydrogen-bond acceptors (Lipinski definition) is 9. The van der Waals surface area contributed by atoms with Crippen molar-refractivity contribution in [3.63, 3.8) is 0 Å². The number of likely N-dealkylation sites (N-methyl/N-ethyl adjacent to an activating group) is 1. The number of aliphatic hydroxyl groups excluding tert-OH is 1. The lowest BCUT2D eigenvalue weighted by Gasteiger charge is -2.18. The molecule has 1 aliphatic rings. The van der Waals surface area contributed by atoms with E-state index in [-0.39, 0.29) is 12.2 Å². The molecule has 0 aliphatic carbocycles. The molecular weight excluding hydrogens is 414 g/mol. The largest absolute Gasteiger partial charge is 0.395 e. The van der Waals surface area contributed by atoms with E-state index in [4.69, 9.17) is 0 Å². The Morgan fingerprint density at radius 2 is 2.16 bits per heavy atom. The molecule has 0 radical (unpaired) electrons.